The minimum absolute atomic E-state index is 0.0741. The molecule has 1 saturated carbocycles. The fourth-order valence-electron chi connectivity index (χ4n) is 2.47. The molecular weight excluding hydrogens is 227 g/mol. The molecule has 0 aromatic rings. The van der Waals surface area contributed by atoms with Crippen molar-refractivity contribution in [2.75, 3.05) is 6.54 Å². The fourth-order valence-corrected chi connectivity index (χ4v) is 2.47. The Hall–Kier alpha value is -1.27. The molecule has 1 saturated heterocycles. The van der Waals surface area contributed by atoms with E-state index in [4.69, 9.17) is 5.11 Å². The van der Waals surface area contributed by atoms with Crippen LogP contribution in [0.2, 0.25) is 0 Å². The average Bonchev–Trinajstić information content (AvgIpc) is 1.96. The van der Waals surface area contributed by atoms with E-state index in [1.54, 1.807) is 0 Å². The number of carbonyl (C=O) groups excluding carboxylic acids is 1. The van der Waals surface area contributed by atoms with Crippen LogP contribution in [0.15, 0.2) is 0 Å². The summed E-state index contributed by atoms with van der Waals surface area (Å²) >= 11 is 0. The maximum atomic E-state index is 12.2. The molecule has 0 bridgehead atoms. The highest BCUT2D eigenvalue weighted by Crippen LogP contribution is 2.51. The van der Waals surface area contributed by atoms with Gasteiger partial charge >= 0.3 is 18.1 Å². The molecule has 1 heterocycles. The van der Waals surface area contributed by atoms with Crippen LogP contribution in [0.1, 0.15) is 19.3 Å². The molecule has 0 atom stereocenters. The average molecular weight is 237 g/mol. The number of carboxylic acid groups (broad SMARTS) is 1. The maximum Gasteiger partial charge on any atom is 0.471 e. The SMILES string of the molecule is O=C(O)C1CC2(CCN2C(=O)C(F)(F)F)C1. The molecule has 4 nitrogen and oxygen atoms in total. The molecule has 0 aromatic heterocycles. The van der Waals surface area contributed by atoms with E-state index in [2.05, 4.69) is 0 Å². The van der Waals surface area contributed by atoms with E-state index in [0.29, 0.717) is 6.42 Å². The second-order valence-corrected chi connectivity index (χ2v) is 4.37. The second-order valence-electron chi connectivity index (χ2n) is 4.37. The molecule has 1 N–H and O–H groups in total. The molecule has 2 fully saturated rings. The summed E-state index contributed by atoms with van der Waals surface area (Å²) in [5, 5.41) is 8.64. The van der Waals surface area contributed by atoms with Crippen molar-refractivity contribution in [1.82, 2.24) is 4.90 Å². The molecule has 0 unspecified atom stereocenters. The van der Waals surface area contributed by atoms with E-state index >= 15 is 0 Å². The van der Waals surface area contributed by atoms with E-state index in [1.165, 1.54) is 0 Å². The lowest BCUT2D eigenvalue weighted by Gasteiger charge is -2.60. The minimum atomic E-state index is -4.86. The van der Waals surface area contributed by atoms with Gasteiger partial charge in [0, 0.05) is 12.1 Å². The molecule has 7 heteroatoms. The van der Waals surface area contributed by atoms with Crippen molar-refractivity contribution in [3.05, 3.63) is 0 Å². The van der Waals surface area contributed by atoms with E-state index in [9.17, 15) is 22.8 Å². The van der Waals surface area contributed by atoms with E-state index in [1.807, 2.05) is 0 Å². The van der Waals surface area contributed by atoms with Gasteiger partial charge in [-0.1, -0.05) is 0 Å². The molecule has 16 heavy (non-hydrogen) atoms. The molecule has 2 rings (SSSR count). The van der Waals surface area contributed by atoms with Gasteiger partial charge in [0.05, 0.1) is 5.92 Å². The van der Waals surface area contributed by atoms with Crippen LogP contribution in [0.5, 0.6) is 0 Å². The predicted molar refractivity (Wildman–Crippen MR) is 45.5 cm³/mol. The topological polar surface area (TPSA) is 57.6 Å². The Balaban J connectivity index is 2.01. The van der Waals surface area contributed by atoms with E-state index < -0.39 is 29.5 Å². The number of carbonyl (C=O) groups is 2. The summed E-state index contributed by atoms with van der Waals surface area (Å²) in [6, 6.07) is 0. The first-order valence-corrected chi connectivity index (χ1v) is 4.88. The van der Waals surface area contributed by atoms with Gasteiger partial charge in [-0.3, -0.25) is 9.59 Å². The lowest BCUT2D eigenvalue weighted by molar-refractivity contribution is -0.212. The van der Waals surface area contributed by atoms with E-state index in [0.717, 1.165) is 4.90 Å². The lowest BCUT2D eigenvalue weighted by atomic mass is 9.61. The molecule has 0 radical (unpaired) electrons. The first-order chi connectivity index (χ1) is 7.26. The van der Waals surface area contributed by atoms with Crippen molar-refractivity contribution < 1.29 is 27.9 Å². The molecule has 0 aromatic carbocycles. The van der Waals surface area contributed by atoms with Crippen LogP contribution in [0.3, 0.4) is 0 Å². The van der Waals surface area contributed by atoms with Gasteiger partial charge in [-0.05, 0) is 19.3 Å². The molecule has 1 aliphatic carbocycles. The minimum Gasteiger partial charge on any atom is -0.481 e. The number of alkyl halides is 3. The van der Waals surface area contributed by atoms with Crippen molar-refractivity contribution in [3.8, 4) is 0 Å². The van der Waals surface area contributed by atoms with E-state index in [-0.39, 0.29) is 19.4 Å². The third-order valence-corrected chi connectivity index (χ3v) is 3.46. The Kier molecular flexibility index (Phi) is 2.18. The number of hydrogen-bond acceptors (Lipinski definition) is 2. The number of aliphatic carboxylic acids is 1. The highest BCUT2D eigenvalue weighted by atomic mass is 19.4. The van der Waals surface area contributed by atoms with Crippen molar-refractivity contribution in [2.45, 2.75) is 31.0 Å². The highest BCUT2D eigenvalue weighted by Gasteiger charge is 2.61. The number of rotatable bonds is 1. The van der Waals surface area contributed by atoms with Crippen molar-refractivity contribution in [3.63, 3.8) is 0 Å². The van der Waals surface area contributed by atoms with Crippen LogP contribution in [-0.4, -0.2) is 40.1 Å². The normalized spacial score (nSPS) is 33.2. The standard InChI is InChI=1S/C9H10F3NO3/c10-9(11,12)7(16)13-2-1-8(13)3-5(4-8)6(14)15/h5H,1-4H2,(H,14,15). The van der Waals surface area contributed by atoms with Crippen LogP contribution >= 0.6 is 0 Å². The molecule has 90 valence electrons. The largest absolute Gasteiger partial charge is 0.481 e. The molecule has 2 aliphatic rings. The van der Waals surface area contributed by atoms with Gasteiger partial charge in [-0.15, -0.1) is 0 Å². The van der Waals surface area contributed by atoms with Crippen molar-refractivity contribution in [1.29, 1.82) is 0 Å². The maximum absolute atomic E-state index is 12.2. The number of nitrogens with zero attached hydrogens (tertiary/aromatic N) is 1. The summed E-state index contributed by atoms with van der Waals surface area (Å²) in [5.41, 5.74) is -0.824. The number of halogens is 3. The lowest BCUT2D eigenvalue weighted by Crippen LogP contribution is -2.70. The van der Waals surface area contributed by atoms with Gasteiger partial charge in [-0.2, -0.15) is 13.2 Å². The number of carboxylic acids is 1. The van der Waals surface area contributed by atoms with Crippen molar-refractivity contribution >= 4 is 11.9 Å². The number of amides is 1. The summed E-state index contributed by atoms with van der Waals surface area (Å²) in [6.07, 6.45) is -4.10. The molecule has 1 aliphatic heterocycles. The van der Waals surface area contributed by atoms with Gasteiger partial charge in [0.25, 0.3) is 0 Å². The Labute approximate surface area is 89.0 Å². The van der Waals surface area contributed by atoms with Gasteiger partial charge in [0.2, 0.25) is 0 Å². The monoisotopic (exact) mass is 237 g/mol. The van der Waals surface area contributed by atoms with Gasteiger partial charge in [0.15, 0.2) is 0 Å². The Morgan fingerprint density at radius 3 is 2.19 bits per heavy atom. The number of likely N-dealkylation sites (tertiary alicyclic amines) is 1. The number of hydrogen-bond donors (Lipinski definition) is 1. The molecular formula is C9H10F3NO3. The van der Waals surface area contributed by atoms with Gasteiger partial charge < -0.3 is 10.0 Å². The molecule has 1 spiro atoms. The summed E-state index contributed by atoms with van der Waals surface area (Å²) in [7, 11) is 0. The van der Waals surface area contributed by atoms with Gasteiger partial charge in [0.1, 0.15) is 0 Å². The van der Waals surface area contributed by atoms with Crippen LogP contribution in [0.4, 0.5) is 13.2 Å². The first kappa shape index (κ1) is 11.2. The van der Waals surface area contributed by atoms with Crippen molar-refractivity contribution in [2.24, 2.45) is 5.92 Å². The summed E-state index contributed by atoms with van der Waals surface area (Å²) in [5.74, 6) is -3.46. The summed E-state index contributed by atoms with van der Waals surface area (Å²) in [6.45, 7) is 0.0741. The Bertz CT molecular complexity index is 346. The Morgan fingerprint density at radius 1 is 1.31 bits per heavy atom. The van der Waals surface area contributed by atoms with Crippen LogP contribution in [-0.2, 0) is 9.59 Å². The van der Waals surface area contributed by atoms with Crippen LogP contribution in [0, 0.1) is 5.92 Å². The molecule has 1 amide bonds. The summed E-state index contributed by atoms with van der Waals surface area (Å²) in [4.78, 5) is 22.3. The van der Waals surface area contributed by atoms with Crippen LogP contribution < -0.4 is 0 Å². The second kappa shape index (κ2) is 3.11. The zero-order valence-corrected chi connectivity index (χ0v) is 8.25. The smallest absolute Gasteiger partial charge is 0.471 e. The highest BCUT2D eigenvalue weighted by molar-refractivity contribution is 5.84. The quantitative estimate of drug-likeness (QED) is 0.740. The zero-order valence-electron chi connectivity index (χ0n) is 8.25. The fraction of sp³-hybridized carbons (Fsp3) is 0.778. The third kappa shape index (κ3) is 1.45. The zero-order chi connectivity index (χ0) is 12.1. The third-order valence-electron chi connectivity index (χ3n) is 3.46. The van der Waals surface area contributed by atoms with Crippen LogP contribution in [0.25, 0.3) is 0 Å². The Morgan fingerprint density at radius 2 is 1.88 bits per heavy atom. The summed E-state index contributed by atoms with van der Waals surface area (Å²) < 4.78 is 36.5. The van der Waals surface area contributed by atoms with Gasteiger partial charge in [-0.25, -0.2) is 0 Å². The predicted octanol–water partition coefficient (Wildman–Crippen LogP) is 1.01. The first-order valence-electron chi connectivity index (χ1n) is 4.88.